The summed E-state index contributed by atoms with van der Waals surface area (Å²) < 4.78 is 26.9. The Labute approximate surface area is 470 Å². The van der Waals surface area contributed by atoms with Crippen LogP contribution in [0.1, 0.15) is 198 Å². The summed E-state index contributed by atoms with van der Waals surface area (Å²) in [4.78, 5) is 0. The summed E-state index contributed by atoms with van der Waals surface area (Å²) in [6.45, 7) is 18.7. The Morgan fingerprint density at radius 3 is 1.14 bits per heavy atom. The zero-order valence-electron chi connectivity index (χ0n) is 48.9. The van der Waals surface area contributed by atoms with Crippen molar-refractivity contribution < 1.29 is 2.74 Å². The van der Waals surface area contributed by atoms with E-state index in [2.05, 4.69) is 210 Å². The topological polar surface area (TPSA) is 56.4 Å². The van der Waals surface area contributed by atoms with Crippen LogP contribution in [-0.2, 0) is 21.7 Å². The zero-order valence-corrected chi connectivity index (χ0v) is 46.9. The van der Waals surface area contributed by atoms with Crippen LogP contribution >= 0.6 is 0 Å². The van der Waals surface area contributed by atoms with Crippen molar-refractivity contribution in [1.29, 1.82) is 10.5 Å². The minimum absolute atomic E-state index is 0.101. The van der Waals surface area contributed by atoms with Crippen LogP contribution in [0.5, 0.6) is 0 Å². The molecule has 386 valence electrons. The van der Waals surface area contributed by atoms with Gasteiger partial charge in [0.05, 0.1) is 59.1 Å². The number of rotatable bonds is 8. The molecular formula is C76H62N4. The first-order valence-corrected chi connectivity index (χ1v) is 29.5. The van der Waals surface area contributed by atoms with Crippen molar-refractivity contribution in [2.45, 2.75) is 127 Å². The fourth-order valence-corrected chi connectivity index (χ4v) is 18.0. The van der Waals surface area contributed by atoms with Crippen molar-refractivity contribution in [2.75, 3.05) is 0 Å². The maximum absolute atomic E-state index is 11.6. The van der Waals surface area contributed by atoms with Gasteiger partial charge in [-0.05, 0) is 177 Å². The van der Waals surface area contributed by atoms with Crippen LogP contribution in [0.15, 0.2) is 146 Å². The van der Waals surface area contributed by atoms with Crippen molar-refractivity contribution in [3.05, 3.63) is 235 Å². The van der Waals surface area contributed by atoms with Crippen molar-refractivity contribution in [2.24, 2.45) is 0 Å². The summed E-state index contributed by atoms with van der Waals surface area (Å²) in [5.41, 5.74) is 22.4. The van der Waals surface area contributed by atoms with Gasteiger partial charge in [-0.3, -0.25) is 0 Å². The zero-order chi connectivity index (χ0) is 56.0. The molecule has 4 nitrogen and oxygen atoms in total. The number of nitriles is 2. The second-order valence-electron chi connectivity index (χ2n) is 25.4. The smallest absolute Gasteiger partial charge is 0.0995 e. The molecule has 0 amide bonds. The highest BCUT2D eigenvalue weighted by molar-refractivity contribution is 6.30. The van der Waals surface area contributed by atoms with Gasteiger partial charge in [0.1, 0.15) is 0 Å². The molecule has 0 fully saturated rings. The SMILES string of the molecule is [2H]c1c2c3cc(C(C)(CC)CCC)cc4c5c6c(c(C#N)cc5n(c2c([2H])c2c5cc(C(C)(CC)CCC)cc7c8c9c(c(C#N)cc8n(c12)c75)C1(C)c2ccccc2C9c2ccccc21)c43)C1(C)c2ccccc2C6c2ccccc21. The Kier molecular flexibility index (Phi) is 8.47. The molecule has 9 aromatic carbocycles. The van der Waals surface area contributed by atoms with Gasteiger partial charge in [0.15, 0.2) is 0 Å². The van der Waals surface area contributed by atoms with Gasteiger partial charge in [-0.25, -0.2) is 0 Å². The predicted octanol–water partition coefficient (Wildman–Crippen LogP) is 19.0. The molecule has 0 N–H and O–H groups in total. The quantitative estimate of drug-likeness (QED) is 0.152. The van der Waals surface area contributed by atoms with E-state index in [1.165, 1.54) is 66.8 Å². The van der Waals surface area contributed by atoms with Crippen LogP contribution in [0.25, 0.3) is 76.2 Å². The van der Waals surface area contributed by atoms with Gasteiger partial charge in [-0.2, -0.15) is 10.5 Å². The molecule has 4 heteroatoms. The lowest BCUT2D eigenvalue weighted by molar-refractivity contribution is 0.414. The van der Waals surface area contributed by atoms with Gasteiger partial charge >= 0.3 is 0 Å². The van der Waals surface area contributed by atoms with Gasteiger partial charge in [-0.15, -0.1) is 0 Å². The summed E-state index contributed by atoms with van der Waals surface area (Å²) in [6, 6.07) is 56.0. The van der Waals surface area contributed by atoms with Crippen LogP contribution < -0.4 is 0 Å². The van der Waals surface area contributed by atoms with E-state index in [0.717, 1.165) is 126 Å². The lowest BCUT2D eigenvalue weighted by Gasteiger charge is -2.49. The summed E-state index contributed by atoms with van der Waals surface area (Å²) in [5, 5.41) is 31.3. The average molecular weight is 1030 g/mol. The van der Waals surface area contributed by atoms with E-state index >= 15 is 0 Å². The first-order valence-electron chi connectivity index (χ1n) is 30.5. The van der Waals surface area contributed by atoms with Gasteiger partial charge in [-0.1, -0.05) is 151 Å². The Bertz CT molecular complexity index is 4770. The number of fused-ring (bicyclic) bond motifs is 12. The van der Waals surface area contributed by atoms with Crippen LogP contribution in [0.2, 0.25) is 0 Å². The van der Waals surface area contributed by atoms with E-state index in [-0.39, 0.29) is 22.7 Å². The Balaban J connectivity index is 1.09. The highest BCUT2D eigenvalue weighted by Crippen LogP contribution is 2.65. The Morgan fingerprint density at radius 1 is 0.475 bits per heavy atom. The van der Waals surface area contributed by atoms with Gasteiger partial charge in [0, 0.05) is 65.8 Å². The molecule has 0 radical (unpaired) electrons. The molecule has 6 aliphatic carbocycles. The molecule has 6 aliphatic rings. The molecule has 0 saturated heterocycles. The highest BCUT2D eigenvalue weighted by Gasteiger charge is 2.53. The fourth-order valence-electron chi connectivity index (χ4n) is 18.0. The standard InChI is InChI=1S/C76H62N4/c1-9-29-73(5,11-3)43-33-51-49-37-60-50(38-59(49)79-61-31-41(39-77)69-67(65(61)53(35-43)71(51)79)63-45-21-13-17-25-55(45)75(69,7)56-26-18-14-22-46(56)63)52-34-44(74(6,12-4)30-10-2)36-54-66-62(80(60)72(52)54)32-42(40-78)70-68(66)64-47-23-15-19-27-57(47)76(70,8)58-28-20-16-24-48(58)64/h13-28,31-38,63-64H,9-12,29-30H2,1-8H3/i37D,38D. The monoisotopic (exact) mass is 1030 g/mol. The number of nitrogens with zero attached hydrogens (tertiary/aromatic N) is 4. The third kappa shape index (κ3) is 5.09. The third-order valence-corrected chi connectivity index (χ3v) is 21.9. The lowest BCUT2D eigenvalue weighted by Crippen LogP contribution is -2.40. The van der Waals surface area contributed by atoms with E-state index in [4.69, 9.17) is 0 Å². The van der Waals surface area contributed by atoms with Crippen molar-refractivity contribution >= 4 is 76.2 Å². The molecule has 0 spiro atoms. The minimum atomic E-state index is -0.574. The van der Waals surface area contributed by atoms with E-state index in [1.807, 2.05) is 0 Å². The van der Waals surface area contributed by atoms with E-state index < -0.39 is 10.8 Å². The summed E-state index contributed by atoms with van der Waals surface area (Å²) >= 11 is 0. The van der Waals surface area contributed by atoms with Gasteiger partial charge in [0.25, 0.3) is 0 Å². The van der Waals surface area contributed by atoms with E-state index in [9.17, 15) is 13.3 Å². The summed E-state index contributed by atoms with van der Waals surface area (Å²) in [6.07, 6.45) is 5.93. The largest absolute Gasteiger partial charge is 0.308 e. The lowest BCUT2D eigenvalue weighted by atomic mass is 9.52. The molecule has 2 atom stereocenters. The number of hydrogen-bond acceptors (Lipinski definition) is 2. The first kappa shape index (κ1) is 44.4. The van der Waals surface area contributed by atoms with Crippen LogP contribution in [0.4, 0.5) is 0 Å². The average Bonchev–Trinajstić information content (AvgIpc) is 1.81. The Hall–Kier alpha value is -8.44. The molecule has 0 saturated carbocycles. The van der Waals surface area contributed by atoms with Gasteiger partial charge < -0.3 is 8.80 Å². The van der Waals surface area contributed by atoms with Crippen LogP contribution in [0.3, 0.4) is 0 Å². The van der Waals surface area contributed by atoms with Crippen molar-refractivity contribution in [3.8, 4) is 12.1 Å². The second kappa shape index (κ2) is 15.3. The number of benzene rings is 9. The first-order chi connectivity index (χ1) is 39.8. The molecule has 80 heavy (non-hydrogen) atoms. The highest BCUT2D eigenvalue weighted by atomic mass is 14.9. The maximum atomic E-state index is 11.6. The predicted molar refractivity (Wildman–Crippen MR) is 329 cm³/mol. The third-order valence-electron chi connectivity index (χ3n) is 21.9. The summed E-state index contributed by atoms with van der Waals surface area (Å²) in [7, 11) is 0. The molecule has 4 heterocycles. The maximum Gasteiger partial charge on any atom is 0.0995 e. The molecule has 4 bridgehead atoms. The molecule has 2 unspecified atom stereocenters. The van der Waals surface area contributed by atoms with Crippen LogP contribution in [-0.4, -0.2) is 8.80 Å². The van der Waals surface area contributed by atoms with Crippen molar-refractivity contribution in [1.82, 2.24) is 8.80 Å². The number of aromatic nitrogens is 2. The van der Waals surface area contributed by atoms with Crippen molar-refractivity contribution in [3.63, 3.8) is 0 Å². The molecule has 19 rings (SSSR count). The fraction of sp³-hybridized carbons (Fsp3) is 0.263. The minimum Gasteiger partial charge on any atom is -0.308 e. The molecule has 13 aromatic rings. The van der Waals surface area contributed by atoms with E-state index in [1.54, 1.807) is 0 Å². The molecular weight excluding hydrogens is 969 g/mol. The van der Waals surface area contributed by atoms with E-state index in [0.29, 0.717) is 23.2 Å². The molecule has 4 aromatic heterocycles. The second-order valence-corrected chi connectivity index (χ2v) is 25.4. The number of hydrogen-bond donors (Lipinski definition) is 0. The van der Waals surface area contributed by atoms with Crippen LogP contribution in [0, 0.1) is 22.7 Å². The Morgan fingerprint density at radius 2 is 0.812 bits per heavy atom. The van der Waals surface area contributed by atoms with Gasteiger partial charge in [0.2, 0.25) is 0 Å². The summed E-state index contributed by atoms with van der Waals surface area (Å²) in [5.74, 6) is -0.203. The normalized spacial score (nSPS) is 21.2. The molecule has 0 aliphatic heterocycles.